The summed E-state index contributed by atoms with van der Waals surface area (Å²) >= 11 is 0. The lowest BCUT2D eigenvalue weighted by molar-refractivity contribution is 0.210. The van der Waals surface area contributed by atoms with E-state index in [0.29, 0.717) is 42.2 Å². The second-order valence-electron chi connectivity index (χ2n) is 8.81. The fraction of sp³-hybridized carbons (Fsp3) is 0.222. The van der Waals surface area contributed by atoms with Crippen molar-refractivity contribution in [2.75, 3.05) is 42.2 Å². The number of nitrogens with one attached hydrogen (secondary N) is 2. The van der Waals surface area contributed by atoms with Crippen LogP contribution in [0.5, 0.6) is 0 Å². The third-order valence-corrected chi connectivity index (χ3v) is 6.29. The average molecular weight is 588 g/mol. The highest BCUT2D eigenvalue weighted by Crippen LogP contribution is 2.32. The summed E-state index contributed by atoms with van der Waals surface area (Å²) in [5.74, 6) is -1.92. The molecule has 0 saturated heterocycles. The molecule has 0 atom stereocenters. The van der Waals surface area contributed by atoms with Crippen LogP contribution < -0.4 is 21.3 Å². The van der Waals surface area contributed by atoms with Gasteiger partial charge >= 0.3 is 6.03 Å². The molecule has 0 saturated carbocycles. The second-order valence-corrected chi connectivity index (χ2v) is 10.4. The lowest BCUT2D eigenvalue weighted by atomic mass is 10.0. The zero-order valence-corrected chi connectivity index (χ0v) is 23.2. The van der Waals surface area contributed by atoms with E-state index in [-0.39, 0.29) is 28.4 Å². The number of hydroxylamine groups is 1. The molecule has 0 fully saturated rings. The number of hydrogen-bond donors (Lipinski definition) is 2. The molecule has 0 aliphatic heterocycles. The first-order valence-corrected chi connectivity index (χ1v) is 14.2. The maximum atomic E-state index is 15.2. The predicted molar refractivity (Wildman–Crippen MR) is 151 cm³/mol. The van der Waals surface area contributed by atoms with Crippen LogP contribution >= 0.6 is 0 Å². The summed E-state index contributed by atoms with van der Waals surface area (Å²) in [5, 5.41) is 6.10. The number of carbonyl (C=O) groups is 1. The molecule has 4 rings (SSSR count). The number of methoxy groups -OCH3 is 1. The minimum absolute atomic E-state index is 0.152. The fourth-order valence-electron chi connectivity index (χ4n) is 4.07. The first-order chi connectivity index (χ1) is 19.5. The molecular formula is C27H27F2N5O6S. The molecule has 2 heterocycles. The summed E-state index contributed by atoms with van der Waals surface area (Å²) in [7, 11) is -2.79. The van der Waals surface area contributed by atoms with Crippen molar-refractivity contribution in [3.63, 3.8) is 0 Å². The van der Waals surface area contributed by atoms with Crippen molar-refractivity contribution in [3.8, 4) is 11.1 Å². The van der Waals surface area contributed by atoms with Gasteiger partial charge in [0, 0.05) is 55.2 Å². The van der Waals surface area contributed by atoms with Crippen molar-refractivity contribution in [3.05, 3.63) is 82.8 Å². The Balaban J connectivity index is 1.84. The number of aromatic nitrogens is 2. The van der Waals surface area contributed by atoms with Crippen LogP contribution in [0.2, 0.25) is 0 Å². The number of carbonyl (C=O) groups excluding carboxylic acids is 1. The molecular weight excluding hydrogens is 560 g/mol. The third-order valence-electron chi connectivity index (χ3n) is 5.87. The third kappa shape index (κ3) is 6.85. The number of ether oxygens (including phenoxy) is 1. The van der Waals surface area contributed by atoms with E-state index in [1.165, 1.54) is 29.0 Å². The Hall–Kier alpha value is -4.40. The monoisotopic (exact) mass is 587 g/mol. The molecule has 0 radical (unpaired) electrons. The van der Waals surface area contributed by atoms with Gasteiger partial charge in [0.15, 0.2) is 5.82 Å². The highest BCUT2D eigenvalue weighted by molar-refractivity contribution is 7.86. The van der Waals surface area contributed by atoms with Crippen molar-refractivity contribution in [1.82, 2.24) is 9.55 Å². The van der Waals surface area contributed by atoms with Gasteiger partial charge in [-0.25, -0.2) is 18.6 Å². The molecule has 4 aromatic rings. The maximum Gasteiger partial charge on any atom is 0.351 e. The number of benzene rings is 2. The van der Waals surface area contributed by atoms with Crippen LogP contribution in [-0.4, -0.2) is 50.5 Å². The molecule has 2 amide bonds. The van der Waals surface area contributed by atoms with Crippen LogP contribution in [-0.2, 0) is 25.7 Å². The quantitative estimate of drug-likeness (QED) is 0.207. The van der Waals surface area contributed by atoms with E-state index in [0.717, 1.165) is 6.07 Å². The van der Waals surface area contributed by atoms with Crippen molar-refractivity contribution >= 4 is 44.2 Å². The Labute approximate surface area is 234 Å². The van der Waals surface area contributed by atoms with Gasteiger partial charge < -0.3 is 19.9 Å². The van der Waals surface area contributed by atoms with Gasteiger partial charge in [0.25, 0.3) is 15.7 Å². The van der Waals surface area contributed by atoms with E-state index < -0.39 is 39.0 Å². The fourth-order valence-corrected chi connectivity index (χ4v) is 4.49. The lowest BCUT2D eigenvalue weighted by Gasteiger charge is -2.22. The second kappa shape index (κ2) is 12.4. The van der Waals surface area contributed by atoms with Crippen molar-refractivity contribution < 1.29 is 31.0 Å². The first-order valence-electron chi connectivity index (χ1n) is 12.3. The zero-order chi connectivity index (χ0) is 29.7. The highest BCUT2D eigenvalue weighted by Gasteiger charge is 2.28. The molecule has 216 valence electrons. The smallest absolute Gasteiger partial charge is 0.351 e. The number of aryl methyl sites for hydroxylation is 1. The Kier molecular flexibility index (Phi) is 8.95. The van der Waals surface area contributed by atoms with Gasteiger partial charge in [0.05, 0.1) is 23.9 Å². The van der Waals surface area contributed by atoms with E-state index in [4.69, 9.17) is 9.02 Å². The van der Waals surface area contributed by atoms with Crippen LogP contribution in [0.4, 0.5) is 30.8 Å². The van der Waals surface area contributed by atoms with Gasteiger partial charge in [0.1, 0.15) is 17.3 Å². The molecule has 0 aliphatic carbocycles. The molecule has 41 heavy (non-hydrogen) atoms. The Morgan fingerprint density at radius 3 is 2.46 bits per heavy atom. The van der Waals surface area contributed by atoms with Crippen LogP contribution in [0.15, 0.2) is 65.6 Å². The number of halogens is 2. The number of amides is 2. The number of para-hydroxylation sites is 1. The maximum absolute atomic E-state index is 15.2. The minimum atomic E-state index is -4.36. The van der Waals surface area contributed by atoms with Crippen LogP contribution in [0.1, 0.15) is 6.92 Å². The van der Waals surface area contributed by atoms with Gasteiger partial charge in [-0.15, -0.1) is 9.35 Å². The lowest BCUT2D eigenvalue weighted by Crippen LogP contribution is -2.37. The summed E-state index contributed by atoms with van der Waals surface area (Å²) in [6.07, 6.45) is 2.15. The molecule has 0 bridgehead atoms. The van der Waals surface area contributed by atoms with Gasteiger partial charge in [-0.1, -0.05) is 18.2 Å². The summed E-state index contributed by atoms with van der Waals surface area (Å²) in [4.78, 5) is 30.9. The molecule has 2 aromatic carbocycles. The van der Waals surface area contributed by atoms with E-state index in [1.54, 1.807) is 38.3 Å². The standard InChI is InChI=1S/C27H27F2N5O6S/c1-4-33-23-15-25(30-10-11-39-2)31-16-17(23)12-20(26(33)35)19-13-24(22(29)14-21(19)28)34(40-41(3,37)38)27(36)32-18-8-6-5-7-9-18/h5-9,12-16H,4,10-11H2,1-3H3,(H,30,31)(H,32,36). The Morgan fingerprint density at radius 1 is 1.07 bits per heavy atom. The van der Waals surface area contributed by atoms with Gasteiger partial charge in [0.2, 0.25) is 0 Å². The largest absolute Gasteiger partial charge is 0.383 e. The summed E-state index contributed by atoms with van der Waals surface area (Å²) < 4.78 is 65.5. The summed E-state index contributed by atoms with van der Waals surface area (Å²) in [6, 6.07) is 11.1. The zero-order valence-electron chi connectivity index (χ0n) is 22.4. The number of pyridine rings is 2. The van der Waals surface area contributed by atoms with Crippen molar-refractivity contribution in [2.24, 2.45) is 0 Å². The van der Waals surface area contributed by atoms with Crippen molar-refractivity contribution in [2.45, 2.75) is 13.5 Å². The molecule has 14 heteroatoms. The number of urea groups is 1. The Bertz CT molecular complexity index is 1750. The normalized spacial score (nSPS) is 11.4. The van der Waals surface area contributed by atoms with Crippen molar-refractivity contribution in [1.29, 1.82) is 0 Å². The first kappa shape index (κ1) is 29.6. The molecule has 0 spiro atoms. The molecule has 0 unspecified atom stereocenters. The molecule has 2 N–H and O–H groups in total. The van der Waals surface area contributed by atoms with Crippen LogP contribution in [0, 0.1) is 11.6 Å². The topological polar surface area (TPSA) is 132 Å². The number of nitrogens with zero attached hydrogens (tertiary/aromatic N) is 3. The SMILES string of the molecule is CCn1c(=O)c(-c2cc(N(OS(C)(=O)=O)C(=O)Nc3ccccc3)c(F)cc2F)cc2cnc(NCCOC)cc21. The van der Waals surface area contributed by atoms with Crippen LogP contribution in [0.3, 0.4) is 0 Å². The van der Waals surface area contributed by atoms with Gasteiger partial charge in [-0.05, 0) is 31.2 Å². The Morgan fingerprint density at radius 2 is 1.80 bits per heavy atom. The molecule has 2 aromatic heterocycles. The number of rotatable bonds is 10. The van der Waals surface area contributed by atoms with E-state index in [1.807, 2.05) is 0 Å². The van der Waals surface area contributed by atoms with E-state index in [2.05, 4.69) is 15.6 Å². The summed E-state index contributed by atoms with van der Waals surface area (Å²) in [5.41, 5.74) is -1.11. The van der Waals surface area contributed by atoms with E-state index >= 15 is 8.78 Å². The minimum Gasteiger partial charge on any atom is -0.383 e. The highest BCUT2D eigenvalue weighted by atomic mass is 32.2. The van der Waals surface area contributed by atoms with E-state index in [9.17, 15) is 18.0 Å². The summed E-state index contributed by atoms with van der Waals surface area (Å²) in [6.45, 7) is 2.86. The van der Waals surface area contributed by atoms with Gasteiger partial charge in [-0.3, -0.25) is 4.79 Å². The molecule has 0 aliphatic rings. The van der Waals surface area contributed by atoms with Gasteiger partial charge in [-0.2, -0.15) is 8.42 Å². The average Bonchev–Trinajstić information content (AvgIpc) is 2.92. The number of fused-ring (bicyclic) bond motifs is 1. The number of anilines is 3. The predicted octanol–water partition coefficient (Wildman–Crippen LogP) is 4.35. The van der Waals surface area contributed by atoms with Crippen LogP contribution in [0.25, 0.3) is 22.0 Å². The molecule has 11 nitrogen and oxygen atoms in total. The number of hydrogen-bond acceptors (Lipinski definition) is 8.